The van der Waals surface area contributed by atoms with Crippen LogP contribution >= 0.6 is 0 Å². The molecule has 0 heterocycles. The highest BCUT2D eigenvalue weighted by atomic mass is 28.3. The van der Waals surface area contributed by atoms with E-state index in [1.807, 2.05) is 7.05 Å². The molecule has 0 saturated carbocycles. The Balaban J connectivity index is 3.75. The summed E-state index contributed by atoms with van der Waals surface area (Å²) >= 11 is 0. The SMILES string of the molecule is CNCCCO[SiH](NCC(C)C)NCC(C)C. The predicted molar refractivity (Wildman–Crippen MR) is 77.3 cm³/mol. The van der Waals surface area contributed by atoms with Gasteiger partial charge < -0.3 is 19.7 Å². The molecule has 17 heavy (non-hydrogen) atoms. The van der Waals surface area contributed by atoms with Crippen LogP contribution < -0.4 is 15.3 Å². The topological polar surface area (TPSA) is 45.3 Å². The van der Waals surface area contributed by atoms with Crippen molar-refractivity contribution >= 4 is 9.36 Å². The van der Waals surface area contributed by atoms with Gasteiger partial charge in [0.2, 0.25) is 0 Å². The zero-order chi connectivity index (χ0) is 13.1. The highest BCUT2D eigenvalue weighted by Crippen LogP contribution is 1.92. The highest BCUT2D eigenvalue weighted by molar-refractivity contribution is 6.45. The van der Waals surface area contributed by atoms with Gasteiger partial charge in [0, 0.05) is 6.61 Å². The zero-order valence-corrected chi connectivity index (χ0v) is 13.3. The molecule has 0 aliphatic carbocycles. The van der Waals surface area contributed by atoms with Gasteiger partial charge in [0.1, 0.15) is 0 Å². The Kier molecular flexibility index (Phi) is 11.2. The molecule has 0 aromatic rings. The van der Waals surface area contributed by atoms with Crippen LogP contribution in [-0.4, -0.2) is 42.7 Å². The summed E-state index contributed by atoms with van der Waals surface area (Å²) < 4.78 is 5.92. The summed E-state index contributed by atoms with van der Waals surface area (Å²) in [5, 5.41) is 3.14. The maximum Gasteiger partial charge on any atom is 0.335 e. The molecule has 0 rings (SSSR count). The minimum absolute atomic E-state index is 0.673. The molecule has 0 fully saturated rings. The largest absolute Gasteiger partial charge is 0.394 e. The zero-order valence-electron chi connectivity index (χ0n) is 12.2. The van der Waals surface area contributed by atoms with Crippen molar-refractivity contribution in [1.29, 1.82) is 0 Å². The highest BCUT2D eigenvalue weighted by Gasteiger charge is 2.12. The molecule has 0 aliphatic heterocycles. The van der Waals surface area contributed by atoms with Crippen molar-refractivity contribution in [3.05, 3.63) is 0 Å². The first-order valence-corrected chi connectivity index (χ1v) is 8.41. The first-order valence-electron chi connectivity index (χ1n) is 6.79. The molecule has 104 valence electrons. The van der Waals surface area contributed by atoms with Crippen LogP contribution in [0.15, 0.2) is 0 Å². The Hall–Kier alpha value is 0.0569. The predicted octanol–water partition coefficient (Wildman–Crippen LogP) is 0.821. The van der Waals surface area contributed by atoms with Gasteiger partial charge in [0.25, 0.3) is 0 Å². The molecule has 0 radical (unpaired) electrons. The minimum atomic E-state index is -1.42. The van der Waals surface area contributed by atoms with Crippen molar-refractivity contribution in [1.82, 2.24) is 15.3 Å². The van der Waals surface area contributed by atoms with E-state index in [4.69, 9.17) is 4.43 Å². The third-order valence-corrected chi connectivity index (χ3v) is 4.06. The quantitative estimate of drug-likeness (QED) is 0.381. The molecule has 0 amide bonds. The number of nitrogens with one attached hydrogen (secondary N) is 3. The van der Waals surface area contributed by atoms with Crippen LogP contribution in [-0.2, 0) is 4.43 Å². The second kappa shape index (κ2) is 11.2. The van der Waals surface area contributed by atoms with E-state index < -0.39 is 9.36 Å². The van der Waals surface area contributed by atoms with Crippen LogP contribution in [0.4, 0.5) is 0 Å². The van der Waals surface area contributed by atoms with E-state index in [9.17, 15) is 0 Å². The molecule has 0 aliphatic rings. The van der Waals surface area contributed by atoms with E-state index in [-0.39, 0.29) is 0 Å². The smallest absolute Gasteiger partial charge is 0.335 e. The summed E-state index contributed by atoms with van der Waals surface area (Å²) in [4.78, 5) is 7.07. The maximum absolute atomic E-state index is 5.92. The van der Waals surface area contributed by atoms with Gasteiger partial charge in [0.05, 0.1) is 0 Å². The average Bonchev–Trinajstić information content (AvgIpc) is 2.26. The summed E-state index contributed by atoms with van der Waals surface area (Å²) in [5.41, 5.74) is 0. The van der Waals surface area contributed by atoms with Crippen molar-refractivity contribution in [3.8, 4) is 0 Å². The summed E-state index contributed by atoms with van der Waals surface area (Å²) in [6, 6.07) is 0. The first kappa shape index (κ1) is 17.1. The van der Waals surface area contributed by atoms with Crippen molar-refractivity contribution in [3.63, 3.8) is 0 Å². The second-order valence-electron chi connectivity index (χ2n) is 5.31. The normalized spacial score (nSPS) is 12.0. The standard InChI is InChI=1S/C12H31N3OSi/c1-11(2)9-14-17(15-10-12(3)4)16-8-6-7-13-5/h11-15,17H,6-10H2,1-5H3. The molecule has 5 heteroatoms. The molecule has 0 saturated heterocycles. The van der Waals surface area contributed by atoms with Gasteiger partial charge in [-0.15, -0.1) is 0 Å². The van der Waals surface area contributed by atoms with Gasteiger partial charge in [-0.1, -0.05) is 27.7 Å². The lowest BCUT2D eigenvalue weighted by Crippen LogP contribution is -2.52. The molecular weight excluding hydrogens is 230 g/mol. The van der Waals surface area contributed by atoms with Gasteiger partial charge in [0.15, 0.2) is 0 Å². The van der Waals surface area contributed by atoms with Gasteiger partial charge in [-0.05, 0) is 44.9 Å². The molecule has 0 aromatic carbocycles. The van der Waals surface area contributed by atoms with Crippen LogP contribution in [0.5, 0.6) is 0 Å². The second-order valence-corrected chi connectivity index (χ2v) is 7.22. The fourth-order valence-corrected chi connectivity index (χ4v) is 3.48. The molecule has 0 unspecified atom stereocenters. The Morgan fingerprint density at radius 1 is 1.00 bits per heavy atom. The van der Waals surface area contributed by atoms with Crippen LogP contribution in [0, 0.1) is 11.8 Å². The van der Waals surface area contributed by atoms with E-state index in [0.29, 0.717) is 11.8 Å². The summed E-state index contributed by atoms with van der Waals surface area (Å²) in [6.45, 7) is 12.8. The number of hydrogen-bond donors (Lipinski definition) is 3. The summed E-state index contributed by atoms with van der Waals surface area (Å²) in [6.07, 6.45) is 1.08. The molecule has 3 N–H and O–H groups in total. The van der Waals surface area contributed by atoms with E-state index in [1.54, 1.807) is 0 Å². The van der Waals surface area contributed by atoms with Gasteiger partial charge >= 0.3 is 9.36 Å². The number of rotatable bonds is 11. The summed E-state index contributed by atoms with van der Waals surface area (Å²) in [5.74, 6) is 1.35. The summed E-state index contributed by atoms with van der Waals surface area (Å²) in [7, 11) is 0.559. The minimum Gasteiger partial charge on any atom is -0.394 e. The van der Waals surface area contributed by atoms with Crippen LogP contribution in [0.2, 0.25) is 0 Å². The van der Waals surface area contributed by atoms with Crippen molar-refractivity contribution in [2.24, 2.45) is 11.8 Å². The van der Waals surface area contributed by atoms with Crippen molar-refractivity contribution in [2.75, 3.05) is 33.3 Å². The molecule has 0 bridgehead atoms. The molecular formula is C12H31N3OSi. The van der Waals surface area contributed by atoms with Gasteiger partial charge in [-0.3, -0.25) is 0 Å². The monoisotopic (exact) mass is 261 g/mol. The molecule has 0 atom stereocenters. The third kappa shape index (κ3) is 12.3. The van der Waals surface area contributed by atoms with Crippen molar-refractivity contribution in [2.45, 2.75) is 34.1 Å². The maximum atomic E-state index is 5.92. The molecule has 0 aromatic heterocycles. The molecule has 4 nitrogen and oxygen atoms in total. The van der Waals surface area contributed by atoms with E-state index in [2.05, 4.69) is 43.0 Å². The lowest BCUT2D eigenvalue weighted by atomic mass is 10.2. The van der Waals surface area contributed by atoms with Crippen LogP contribution in [0.1, 0.15) is 34.1 Å². The van der Waals surface area contributed by atoms with Crippen LogP contribution in [0.3, 0.4) is 0 Å². The lowest BCUT2D eigenvalue weighted by molar-refractivity contribution is 0.291. The van der Waals surface area contributed by atoms with Crippen molar-refractivity contribution < 1.29 is 4.43 Å². The van der Waals surface area contributed by atoms with E-state index in [0.717, 1.165) is 32.7 Å². The number of hydrogen-bond acceptors (Lipinski definition) is 4. The third-order valence-electron chi connectivity index (χ3n) is 2.28. The Morgan fingerprint density at radius 2 is 1.53 bits per heavy atom. The van der Waals surface area contributed by atoms with Gasteiger partial charge in [-0.25, -0.2) is 0 Å². The molecule has 0 spiro atoms. The Morgan fingerprint density at radius 3 is 1.94 bits per heavy atom. The fraction of sp³-hybridized carbons (Fsp3) is 1.00. The van der Waals surface area contributed by atoms with Gasteiger partial charge in [-0.2, -0.15) is 0 Å². The average molecular weight is 261 g/mol. The Bertz CT molecular complexity index is 156. The fourth-order valence-electron chi connectivity index (χ4n) is 1.33. The Labute approximate surface area is 109 Å². The van der Waals surface area contributed by atoms with E-state index in [1.165, 1.54) is 0 Å². The first-order chi connectivity index (χ1) is 8.06. The van der Waals surface area contributed by atoms with E-state index >= 15 is 0 Å². The van der Waals surface area contributed by atoms with Crippen LogP contribution in [0.25, 0.3) is 0 Å². The lowest BCUT2D eigenvalue weighted by Gasteiger charge is -2.20.